The maximum Gasteiger partial charge on any atom is 0.342 e. The number of hydrogen-bond donors (Lipinski definition) is 0. The second-order valence-electron chi connectivity index (χ2n) is 2.19. The summed E-state index contributed by atoms with van der Waals surface area (Å²) in [7, 11) is 1.74. The summed E-state index contributed by atoms with van der Waals surface area (Å²) >= 11 is 3.22. The van der Waals surface area contributed by atoms with E-state index in [4.69, 9.17) is 4.74 Å². The van der Waals surface area contributed by atoms with Gasteiger partial charge in [-0.15, -0.1) is 0 Å². The third-order valence-electron chi connectivity index (χ3n) is 1.36. The lowest BCUT2D eigenvalue weighted by Gasteiger charge is -1.98. The highest BCUT2D eigenvalue weighted by atomic mass is 79.9. The van der Waals surface area contributed by atoms with E-state index in [0.717, 1.165) is 0 Å². The Morgan fingerprint density at radius 1 is 1.64 bits per heavy atom. The summed E-state index contributed by atoms with van der Waals surface area (Å²) in [5.74, 6) is -0.350. The molecule has 1 rings (SSSR count). The summed E-state index contributed by atoms with van der Waals surface area (Å²) in [5, 5.41) is 3.89. The number of aryl methyl sites for hydroxylation is 1. The largest absolute Gasteiger partial charge is 0.462 e. The summed E-state index contributed by atoms with van der Waals surface area (Å²) in [4.78, 5) is 11.2. The van der Waals surface area contributed by atoms with Crippen LogP contribution in [0, 0.1) is 0 Å². The lowest BCUT2D eigenvalue weighted by atomic mass is 10.4. The van der Waals surface area contributed by atoms with Crippen LogP contribution < -0.4 is 0 Å². The third-order valence-corrected chi connectivity index (χ3v) is 2.30. The molecule has 0 aromatic carbocycles. The van der Waals surface area contributed by atoms with Gasteiger partial charge in [0.05, 0.1) is 12.8 Å². The van der Waals surface area contributed by atoms with E-state index < -0.39 is 0 Å². The Labute approximate surface area is 92.4 Å². The normalized spacial score (nSPS) is 8.93. The molecule has 1 heterocycles. The van der Waals surface area contributed by atoms with E-state index in [1.807, 2.05) is 13.8 Å². The number of carbonyl (C=O) groups excluding carboxylic acids is 1. The van der Waals surface area contributed by atoms with Crippen LogP contribution in [0.25, 0.3) is 0 Å². The first-order chi connectivity index (χ1) is 6.66. The van der Waals surface area contributed by atoms with Crippen molar-refractivity contribution in [2.75, 3.05) is 6.61 Å². The number of nitrogens with zero attached hydrogens (tertiary/aromatic N) is 2. The molecular formula is C9H15BrN2O2. The van der Waals surface area contributed by atoms with Crippen molar-refractivity contribution in [3.63, 3.8) is 0 Å². The first-order valence-electron chi connectivity index (χ1n) is 4.51. The Bertz CT molecular complexity index is 297. The van der Waals surface area contributed by atoms with Gasteiger partial charge < -0.3 is 4.74 Å². The van der Waals surface area contributed by atoms with Gasteiger partial charge in [0.15, 0.2) is 0 Å². The fourth-order valence-electron chi connectivity index (χ4n) is 0.768. The Hall–Kier alpha value is -0.840. The van der Waals surface area contributed by atoms with E-state index in [0.29, 0.717) is 16.8 Å². The van der Waals surface area contributed by atoms with Gasteiger partial charge in [0.1, 0.15) is 10.2 Å². The smallest absolute Gasteiger partial charge is 0.342 e. The maximum absolute atomic E-state index is 11.2. The van der Waals surface area contributed by atoms with Crippen molar-refractivity contribution in [2.45, 2.75) is 20.8 Å². The van der Waals surface area contributed by atoms with Crippen LogP contribution in [0.5, 0.6) is 0 Å². The molecule has 1 aromatic heterocycles. The van der Waals surface area contributed by atoms with Crippen molar-refractivity contribution < 1.29 is 9.53 Å². The van der Waals surface area contributed by atoms with E-state index in [2.05, 4.69) is 21.0 Å². The van der Waals surface area contributed by atoms with Crippen LogP contribution in [0.3, 0.4) is 0 Å². The Kier molecular flexibility index (Phi) is 6.19. The minimum Gasteiger partial charge on any atom is -0.462 e. The summed E-state index contributed by atoms with van der Waals surface area (Å²) in [5.41, 5.74) is 0.458. The molecule has 1 aromatic rings. The van der Waals surface area contributed by atoms with Crippen molar-refractivity contribution in [1.29, 1.82) is 0 Å². The van der Waals surface area contributed by atoms with Crippen molar-refractivity contribution in [1.82, 2.24) is 9.78 Å². The fourth-order valence-corrected chi connectivity index (χ4v) is 1.12. The summed E-state index contributed by atoms with van der Waals surface area (Å²) in [6.07, 6.45) is 1.47. The Balaban J connectivity index is 0.000000791. The summed E-state index contributed by atoms with van der Waals surface area (Å²) < 4.78 is 7.00. The average molecular weight is 263 g/mol. The number of halogens is 1. The molecule has 80 valence electrons. The number of aromatic nitrogens is 2. The lowest BCUT2D eigenvalue weighted by Crippen LogP contribution is -2.04. The standard InChI is InChI=1S/C7H9BrN2O2.C2H6/c1-3-12-7(11)5-4-9-10(2)6(5)8;1-2/h4H,3H2,1-2H3;1-2H3. The van der Waals surface area contributed by atoms with E-state index in [9.17, 15) is 4.79 Å². The molecule has 0 aliphatic carbocycles. The predicted octanol–water partition coefficient (Wildman–Crippen LogP) is 2.39. The molecule has 5 heteroatoms. The van der Waals surface area contributed by atoms with Crippen LogP contribution >= 0.6 is 15.9 Å². The number of ether oxygens (including phenoxy) is 1. The highest BCUT2D eigenvalue weighted by molar-refractivity contribution is 9.10. The van der Waals surface area contributed by atoms with Crippen molar-refractivity contribution in [2.24, 2.45) is 7.05 Å². The topological polar surface area (TPSA) is 44.1 Å². The van der Waals surface area contributed by atoms with Crippen LogP contribution in [0.15, 0.2) is 10.8 Å². The highest BCUT2D eigenvalue weighted by Crippen LogP contribution is 2.15. The van der Waals surface area contributed by atoms with Crippen LogP contribution in [0.4, 0.5) is 0 Å². The van der Waals surface area contributed by atoms with Gasteiger partial charge in [-0.2, -0.15) is 5.10 Å². The number of rotatable bonds is 2. The van der Waals surface area contributed by atoms with Gasteiger partial charge in [-0.3, -0.25) is 4.68 Å². The minimum absolute atomic E-state index is 0.350. The molecule has 4 nitrogen and oxygen atoms in total. The molecule has 0 fully saturated rings. The first-order valence-corrected chi connectivity index (χ1v) is 5.30. The molecule has 0 radical (unpaired) electrons. The van der Waals surface area contributed by atoms with Crippen LogP contribution in [0.2, 0.25) is 0 Å². The second-order valence-corrected chi connectivity index (χ2v) is 2.94. The summed E-state index contributed by atoms with van der Waals surface area (Å²) in [6, 6.07) is 0. The van der Waals surface area contributed by atoms with Crippen molar-refractivity contribution >= 4 is 21.9 Å². The zero-order valence-corrected chi connectivity index (χ0v) is 10.5. The molecular weight excluding hydrogens is 248 g/mol. The average Bonchev–Trinajstić information content (AvgIpc) is 2.51. The van der Waals surface area contributed by atoms with Crippen LogP contribution in [-0.2, 0) is 11.8 Å². The third kappa shape index (κ3) is 3.14. The molecule has 0 spiro atoms. The number of carbonyl (C=O) groups is 1. The maximum atomic E-state index is 11.2. The van der Waals surface area contributed by atoms with E-state index in [1.54, 1.807) is 18.7 Å². The number of hydrogen-bond acceptors (Lipinski definition) is 3. The molecule has 0 saturated carbocycles. The van der Waals surface area contributed by atoms with E-state index >= 15 is 0 Å². The number of esters is 1. The van der Waals surface area contributed by atoms with Crippen LogP contribution in [-0.4, -0.2) is 22.4 Å². The molecule has 0 bridgehead atoms. The zero-order valence-electron chi connectivity index (χ0n) is 8.87. The molecule has 0 amide bonds. The van der Waals surface area contributed by atoms with E-state index in [-0.39, 0.29) is 5.97 Å². The molecule has 14 heavy (non-hydrogen) atoms. The molecule has 0 N–H and O–H groups in total. The van der Waals surface area contributed by atoms with Gasteiger partial charge in [0.2, 0.25) is 0 Å². The second kappa shape index (κ2) is 6.59. The molecule has 0 atom stereocenters. The summed E-state index contributed by atoms with van der Waals surface area (Å²) in [6.45, 7) is 6.14. The first kappa shape index (κ1) is 13.2. The van der Waals surface area contributed by atoms with Crippen LogP contribution in [0.1, 0.15) is 31.1 Å². The minimum atomic E-state index is -0.350. The highest BCUT2D eigenvalue weighted by Gasteiger charge is 2.14. The van der Waals surface area contributed by atoms with Gasteiger partial charge in [-0.25, -0.2) is 4.79 Å². The molecule has 0 unspecified atom stereocenters. The van der Waals surface area contributed by atoms with Crippen molar-refractivity contribution in [3.8, 4) is 0 Å². The van der Waals surface area contributed by atoms with Crippen molar-refractivity contribution in [3.05, 3.63) is 16.4 Å². The molecule has 0 aliphatic rings. The zero-order chi connectivity index (χ0) is 11.1. The van der Waals surface area contributed by atoms with Gasteiger partial charge in [0, 0.05) is 7.05 Å². The monoisotopic (exact) mass is 262 g/mol. The molecule has 0 saturated heterocycles. The fraction of sp³-hybridized carbons (Fsp3) is 0.556. The predicted molar refractivity (Wildman–Crippen MR) is 58.2 cm³/mol. The van der Waals surface area contributed by atoms with Gasteiger partial charge >= 0.3 is 5.97 Å². The van der Waals surface area contributed by atoms with Gasteiger partial charge in [-0.1, -0.05) is 13.8 Å². The SMILES string of the molecule is CC.CCOC(=O)c1cnn(C)c1Br. The molecule has 0 aliphatic heterocycles. The Morgan fingerprint density at radius 2 is 2.21 bits per heavy atom. The lowest BCUT2D eigenvalue weighted by molar-refractivity contribution is 0.0525. The van der Waals surface area contributed by atoms with E-state index in [1.165, 1.54) is 6.20 Å². The van der Waals surface area contributed by atoms with Gasteiger partial charge in [-0.05, 0) is 22.9 Å². The quantitative estimate of drug-likeness (QED) is 0.769. The van der Waals surface area contributed by atoms with Gasteiger partial charge in [0.25, 0.3) is 0 Å². The Morgan fingerprint density at radius 3 is 2.57 bits per heavy atom.